The number of likely N-dealkylation sites (tertiary alicyclic amines) is 1. The zero-order valence-corrected chi connectivity index (χ0v) is 12.6. The number of amides is 1. The van der Waals surface area contributed by atoms with Gasteiger partial charge in [0.25, 0.3) is 5.91 Å². The number of piperidine rings is 1. The van der Waals surface area contributed by atoms with E-state index in [9.17, 15) is 4.79 Å². The van der Waals surface area contributed by atoms with Crippen molar-refractivity contribution in [3.05, 3.63) is 29.8 Å². The van der Waals surface area contributed by atoms with Crippen LogP contribution in [0.25, 0.3) is 0 Å². The van der Waals surface area contributed by atoms with Crippen LogP contribution in [-0.2, 0) is 0 Å². The highest BCUT2D eigenvalue weighted by molar-refractivity contribution is 5.94. The summed E-state index contributed by atoms with van der Waals surface area (Å²) in [6.45, 7) is 5.59. The molecule has 1 aromatic rings. The van der Waals surface area contributed by atoms with Crippen molar-refractivity contribution in [2.24, 2.45) is 0 Å². The number of likely N-dealkylation sites (N-methyl/N-ethyl adjacent to an activating group) is 1. The molecule has 1 saturated heterocycles. The van der Waals surface area contributed by atoms with E-state index in [0.29, 0.717) is 11.6 Å². The zero-order chi connectivity index (χ0) is 14.5. The fourth-order valence-electron chi connectivity index (χ4n) is 2.55. The number of hydrogen-bond acceptors (Lipinski definition) is 3. The van der Waals surface area contributed by atoms with Crippen molar-refractivity contribution in [2.45, 2.75) is 38.8 Å². The molecule has 0 aliphatic carbocycles. The van der Waals surface area contributed by atoms with Crippen LogP contribution in [0.3, 0.4) is 0 Å². The van der Waals surface area contributed by atoms with Crippen LogP contribution in [0.4, 0.5) is 0 Å². The van der Waals surface area contributed by atoms with Gasteiger partial charge < -0.3 is 15.0 Å². The van der Waals surface area contributed by atoms with Crippen molar-refractivity contribution in [3.63, 3.8) is 0 Å². The van der Waals surface area contributed by atoms with Crippen LogP contribution < -0.4 is 10.1 Å². The molecule has 1 aliphatic rings. The molecule has 1 amide bonds. The van der Waals surface area contributed by atoms with Crippen LogP contribution in [-0.4, -0.2) is 43.1 Å². The van der Waals surface area contributed by atoms with Gasteiger partial charge in [-0.15, -0.1) is 0 Å². The van der Waals surface area contributed by atoms with Crippen LogP contribution in [0.1, 0.15) is 37.0 Å². The van der Waals surface area contributed by atoms with Crippen LogP contribution in [0.5, 0.6) is 5.75 Å². The van der Waals surface area contributed by atoms with Gasteiger partial charge in [-0.25, -0.2) is 0 Å². The molecule has 20 heavy (non-hydrogen) atoms. The molecular weight excluding hydrogens is 252 g/mol. The molecule has 4 heteroatoms. The van der Waals surface area contributed by atoms with Crippen molar-refractivity contribution in [1.82, 2.24) is 10.2 Å². The van der Waals surface area contributed by atoms with Crippen LogP contribution >= 0.6 is 0 Å². The molecule has 1 heterocycles. The summed E-state index contributed by atoms with van der Waals surface area (Å²) in [6, 6.07) is 7.88. The molecule has 0 saturated carbocycles. The van der Waals surface area contributed by atoms with Gasteiger partial charge in [0, 0.05) is 24.7 Å². The number of nitrogens with zero attached hydrogens (tertiary/aromatic N) is 1. The summed E-state index contributed by atoms with van der Waals surface area (Å²) in [4.78, 5) is 14.5. The van der Waals surface area contributed by atoms with Crippen LogP contribution in [0, 0.1) is 0 Å². The quantitative estimate of drug-likeness (QED) is 0.917. The highest BCUT2D eigenvalue weighted by Crippen LogP contribution is 2.18. The smallest absolute Gasteiger partial charge is 0.254 e. The van der Waals surface area contributed by atoms with Gasteiger partial charge in [0.1, 0.15) is 5.75 Å². The number of hydrogen-bond donors (Lipinski definition) is 1. The molecular formula is C16H24N2O2. The predicted molar refractivity (Wildman–Crippen MR) is 80.2 cm³/mol. The maximum absolute atomic E-state index is 12.5. The highest BCUT2D eigenvalue weighted by atomic mass is 16.5. The lowest BCUT2D eigenvalue weighted by molar-refractivity contribution is 0.0697. The lowest BCUT2D eigenvalue weighted by atomic mass is 10.0. The molecule has 0 radical (unpaired) electrons. The first-order valence-corrected chi connectivity index (χ1v) is 7.33. The third kappa shape index (κ3) is 3.73. The standard InChI is InChI=1S/C16H24N2O2/c1-12(2)20-15-8-4-6-13(10-15)16(19)18-9-5-7-14(11-18)17-3/h4,6,8,10,12,14,17H,5,7,9,11H2,1-3H3. The number of carbonyl (C=O) groups is 1. The molecule has 0 spiro atoms. The molecule has 1 aliphatic heterocycles. The number of nitrogens with one attached hydrogen (secondary N) is 1. The van der Waals surface area contributed by atoms with Crippen LogP contribution in [0.2, 0.25) is 0 Å². The second-order valence-corrected chi connectivity index (χ2v) is 5.57. The van der Waals surface area contributed by atoms with Gasteiger partial charge in [0.2, 0.25) is 0 Å². The predicted octanol–water partition coefficient (Wildman–Crippen LogP) is 2.30. The fourth-order valence-corrected chi connectivity index (χ4v) is 2.55. The minimum Gasteiger partial charge on any atom is -0.491 e. The fraction of sp³-hybridized carbons (Fsp3) is 0.562. The normalized spacial score (nSPS) is 19.2. The highest BCUT2D eigenvalue weighted by Gasteiger charge is 2.23. The van der Waals surface area contributed by atoms with Gasteiger partial charge in [0.05, 0.1) is 6.10 Å². The summed E-state index contributed by atoms with van der Waals surface area (Å²) in [6.07, 6.45) is 2.31. The second-order valence-electron chi connectivity index (χ2n) is 5.57. The van der Waals surface area contributed by atoms with E-state index in [-0.39, 0.29) is 12.0 Å². The minimum atomic E-state index is 0.0964. The van der Waals surface area contributed by atoms with E-state index in [1.165, 1.54) is 0 Å². The van der Waals surface area contributed by atoms with Crippen molar-refractivity contribution < 1.29 is 9.53 Å². The summed E-state index contributed by atoms with van der Waals surface area (Å²) < 4.78 is 5.65. The van der Waals surface area contributed by atoms with E-state index >= 15 is 0 Å². The van der Waals surface area contributed by atoms with Crippen LogP contribution in [0.15, 0.2) is 24.3 Å². The average Bonchev–Trinajstić information content (AvgIpc) is 2.46. The van der Waals surface area contributed by atoms with E-state index in [2.05, 4.69) is 5.32 Å². The molecule has 4 nitrogen and oxygen atoms in total. The molecule has 1 atom stereocenters. The summed E-state index contributed by atoms with van der Waals surface area (Å²) in [5.41, 5.74) is 0.708. The molecule has 2 rings (SSSR count). The second kappa shape index (κ2) is 6.75. The first kappa shape index (κ1) is 14.9. The van der Waals surface area contributed by atoms with Crippen molar-refractivity contribution in [1.29, 1.82) is 0 Å². The van der Waals surface area contributed by atoms with Gasteiger partial charge in [-0.2, -0.15) is 0 Å². The van der Waals surface area contributed by atoms with Gasteiger partial charge in [0.15, 0.2) is 0 Å². The van der Waals surface area contributed by atoms with Gasteiger partial charge in [-0.3, -0.25) is 4.79 Å². The topological polar surface area (TPSA) is 41.6 Å². The summed E-state index contributed by atoms with van der Waals surface area (Å²) >= 11 is 0. The van der Waals surface area contributed by atoms with Gasteiger partial charge in [-0.05, 0) is 51.9 Å². The number of benzene rings is 1. The Morgan fingerprint density at radius 1 is 1.45 bits per heavy atom. The first-order chi connectivity index (χ1) is 9.60. The van der Waals surface area contributed by atoms with Gasteiger partial charge in [-0.1, -0.05) is 6.07 Å². The molecule has 110 valence electrons. The SMILES string of the molecule is CNC1CCCN(C(=O)c2cccc(OC(C)C)c2)C1. The maximum Gasteiger partial charge on any atom is 0.254 e. The number of ether oxygens (including phenoxy) is 1. The largest absolute Gasteiger partial charge is 0.491 e. The molecule has 0 bridgehead atoms. The van der Waals surface area contributed by atoms with E-state index in [0.717, 1.165) is 31.7 Å². The Bertz CT molecular complexity index is 460. The molecule has 0 aromatic heterocycles. The monoisotopic (exact) mass is 276 g/mol. The summed E-state index contributed by atoms with van der Waals surface area (Å²) in [5, 5.41) is 3.26. The Balaban J connectivity index is 2.08. The molecule has 1 aromatic carbocycles. The summed E-state index contributed by atoms with van der Waals surface area (Å²) in [7, 11) is 1.95. The average molecular weight is 276 g/mol. The third-order valence-corrected chi connectivity index (χ3v) is 3.57. The van der Waals surface area contributed by atoms with Gasteiger partial charge >= 0.3 is 0 Å². The third-order valence-electron chi connectivity index (χ3n) is 3.57. The number of rotatable bonds is 4. The minimum absolute atomic E-state index is 0.0964. The lowest BCUT2D eigenvalue weighted by Crippen LogP contribution is -2.46. The molecule has 1 N–H and O–H groups in total. The van der Waals surface area contributed by atoms with Crippen molar-refractivity contribution in [2.75, 3.05) is 20.1 Å². The van der Waals surface area contributed by atoms with E-state index in [1.807, 2.05) is 50.1 Å². The zero-order valence-electron chi connectivity index (χ0n) is 12.6. The Labute approximate surface area is 121 Å². The first-order valence-electron chi connectivity index (χ1n) is 7.33. The Hall–Kier alpha value is -1.55. The maximum atomic E-state index is 12.5. The van der Waals surface area contributed by atoms with E-state index in [4.69, 9.17) is 4.74 Å². The Morgan fingerprint density at radius 3 is 2.95 bits per heavy atom. The molecule has 1 fully saturated rings. The molecule has 1 unspecified atom stereocenters. The van der Waals surface area contributed by atoms with E-state index in [1.54, 1.807) is 0 Å². The van der Waals surface area contributed by atoms with E-state index < -0.39 is 0 Å². The van der Waals surface area contributed by atoms with Crippen molar-refractivity contribution >= 4 is 5.91 Å². The number of carbonyl (C=O) groups excluding carboxylic acids is 1. The summed E-state index contributed by atoms with van der Waals surface area (Å²) in [5.74, 6) is 0.854. The Kier molecular flexibility index (Phi) is 5.01. The lowest BCUT2D eigenvalue weighted by Gasteiger charge is -2.32. The van der Waals surface area contributed by atoms with Crippen molar-refractivity contribution in [3.8, 4) is 5.75 Å². The Morgan fingerprint density at radius 2 is 2.25 bits per heavy atom.